The molecule has 2 N–H and O–H groups in total. The number of carbonyl (C=O) groups excluding carboxylic acids is 1. The zero-order valence-electron chi connectivity index (χ0n) is 7.65. The fourth-order valence-electron chi connectivity index (χ4n) is 0.871. The summed E-state index contributed by atoms with van der Waals surface area (Å²) in [5.74, 6) is -2.01. The maximum atomic E-state index is 11.4. The molecule has 1 saturated heterocycles. The molecule has 1 aliphatic heterocycles. The summed E-state index contributed by atoms with van der Waals surface area (Å²) in [5.41, 5.74) is 0. The second-order valence-electron chi connectivity index (χ2n) is 2.79. The number of ether oxygens (including phenoxy) is 2. The molecule has 0 radical (unpaired) electrons. The Morgan fingerprint density at radius 1 is 1.64 bits per heavy atom. The van der Waals surface area contributed by atoms with Crippen molar-refractivity contribution in [3.8, 4) is 0 Å². The highest BCUT2D eigenvalue weighted by Crippen LogP contribution is 2.24. The average molecular weight is 221 g/mol. The second-order valence-corrected chi connectivity index (χ2v) is 4.01. The zero-order valence-corrected chi connectivity index (χ0v) is 8.65. The van der Waals surface area contributed by atoms with Crippen LogP contribution < -0.4 is 5.32 Å². The van der Waals surface area contributed by atoms with E-state index in [1.807, 2.05) is 0 Å². The molecule has 0 aliphatic carbocycles. The summed E-state index contributed by atoms with van der Waals surface area (Å²) in [4.78, 5) is 21.8. The Morgan fingerprint density at radius 2 is 2.36 bits per heavy atom. The van der Waals surface area contributed by atoms with Crippen LogP contribution in [0.5, 0.6) is 0 Å². The van der Waals surface area contributed by atoms with Crippen LogP contribution >= 0.6 is 8.58 Å². The highest BCUT2D eigenvalue weighted by Gasteiger charge is 2.25. The van der Waals surface area contributed by atoms with Crippen LogP contribution in [-0.2, 0) is 19.1 Å². The number of aliphatic carboxylic acids is 1. The van der Waals surface area contributed by atoms with Crippen molar-refractivity contribution < 1.29 is 24.2 Å². The first-order valence-electron chi connectivity index (χ1n) is 4.07. The topological polar surface area (TPSA) is 84.9 Å². The lowest BCUT2D eigenvalue weighted by molar-refractivity contribution is -0.145. The number of hydrogen-bond donors (Lipinski definition) is 2. The summed E-state index contributed by atoms with van der Waals surface area (Å²) in [7, 11) is 0.217. The van der Waals surface area contributed by atoms with Gasteiger partial charge in [0.15, 0.2) is 5.85 Å². The minimum Gasteiger partial charge on any atom is -0.480 e. The summed E-state index contributed by atoms with van der Waals surface area (Å²) in [6, 6.07) is -0.890. The molecule has 3 unspecified atom stereocenters. The van der Waals surface area contributed by atoms with Gasteiger partial charge in [0.2, 0.25) is 0 Å². The molecule has 0 saturated carbocycles. The number of carboxylic acid groups (broad SMARTS) is 1. The molecule has 0 aromatic carbocycles. The van der Waals surface area contributed by atoms with Crippen LogP contribution in [-0.4, -0.2) is 42.0 Å². The zero-order chi connectivity index (χ0) is 10.6. The lowest BCUT2D eigenvalue weighted by Gasteiger charge is -2.22. The van der Waals surface area contributed by atoms with Gasteiger partial charge < -0.3 is 19.9 Å². The first-order valence-corrected chi connectivity index (χ1v) is 5.35. The summed E-state index contributed by atoms with van der Waals surface area (Å²) in [5, 5.41) is 10.9. The molecule has 0 bridgehead atoms. The Bertz CT molecular complexity index is 228. The Balaban J connectivity index is 2.36. The van der Waals surface area contributed by atoms with E-state index in [1.54, 1.807) is 0 Å². The van der Waals surface area contributed by atoms with Crippen molar-refractivity contribution in [1.29, 1.82) is 0 Å². The Labute approximate surface area is 82.7 Å². The van der Waals surface area contributed by atoms with E-state index >= 15 is 0 Å². The second kappa shape index (κ2) is 5.24. The van der Waals surface area contributed by atoms with E-state index in [2.05, 4.69) is 5.32 Å². The fraction of sp³-hybridized carbons (Fsp3) is 0.714. The molecule has 3 atom stereocenters. The van der Waals surface area contributed by atoms with Gasteiger partial charge in [-0.2, -0.15) is 0 Å². The van der Waals surface area contributed by atoms with Gasteiger partial charge in [-0.15, -0.1) is 0 Å². The van der Waals surface area contributed by atoms with Crippen molar-refractivity contribution in [2.75, 3.05) is 13.1 Å². The van der Waals surface area contributed by atoms with Gasteiger partial charge in [0.1, 0.15) is 12.8 Å². The van der Waals surface area contributed by atoms with Crippen LogP contribution in [0, 0.1) is 0 Å². The van der Waals surface area contributed by atoms with Crippen molar-refractivity contribution in [3.63, 3.8) is 0 Å². The van der Waals surface area contributed by atoms with E-state index in [4.69, 9.17) is 14.6 Å². The van der Waals surface area contributed by atoms with E-state index in [0.29, 0.717) is 6.35 Å². The molecule has 0 spiro atoms. The van der Waals surface area contributed by atoms with Crippen LogP contribution in [0.1, 0.15) is 6.92 Å². The molecule has 1 fully saturated rings. The largest absolute Gasteiger partial charge is 0.480 e. The molecule has 1 aliphatic rings. The molecular weight excluding hydrogens is 209 g/mol. The number of amides is 1. The highest BCUT2D eigenvalue weighted by atomic mass is 31.1. The lowest BCUT2D eigenvalue weighted by atomic mass is 10.3. The third kappa shape index (κ3) is 3.21. The van der Waals surface area contributed by atoms with Gasteiger partial charge in [0, 0.05) is 0 Å². The van der Waals surface area contributed by atoms with Gasteiger partial charge >= 0.3 is 5.97 Å². The van der Waals surface area contributed by atoms with E-state index in [9.17, 15) is 9.59 Å². The van der Waals surface area contributed by atoms with Gasteiger partial charge in [0.05, 0.1) is 6.35 Å². The quantitative estimate of drug-likeness (QED) is 0.630. The summed E-state index contributed by atoms with van der Waals surface area (Å²) in [6.07, 6.45) is 0.486. The van der Waals surface area contributed by atoms with E-state index in [1.165, 1.54) is 6.92 Å². The number of carboxylic acids is 1. The van der Waals surface area contributed by atoms with Crippen LogP contribution in [0.2, 0.25) is 0 Å². The highest BCUT2D eigenvalue weighted by molar-refractivity contribution is 7.39. The summed E-state index contributed by atoms with van der Waals surface area (Å²) >= 11 is 0. The first kappa shape index (κ1) is 11.4. The fourth-order valence-corrected chi connectivity index (χ4v) is 1.68. The average Bonchev–Trinajstić information content (AvgIpc) is 2.19. The van der Waals surface area contributed by atoms with Gasteiger partial charge in [-0.1, -0.05) is 8.58 Å². The minimum absolute atomic E-state index is 0.0898. The normalized spacial score (nSPS) is 25.6. The minimum atomic E-state index is -1.06. The van der Waals surface area contributed by atoms with Crippen LogP contribution in [0.25, 0.3) is 0 Å². The van der Waals surface area contributed by atoms with Crippen molar-refractivity contribution in [3.05, 3.63) is 0 Å². The third-order valence-corrected chi connectivity index (χ3v) is 2.83. The molecule has 14 heavy (non-hydrogen) atoms. The molecule has 1 rings (SSSR count). The van der Waals surface area contributed by atoms with Crippen LogP contribution in [0.15, 0.2) is 0 Å². The molecule has 1 amide bonds. The Hall–Kier alpha value is -0.710. The first-order chi connectivity index (χ1) is 6.61. The molecule has 1 heterocycles. The molecule has 6 nitrogen and oxygen atoms in total. The van der Waals surface area contributed by atoms with E-state index in [-0.39, 0.29) is 21.3 Å². The molecule has 7 heteroatoms. The predicted molar refractivity (Wildman–Crippen MR) is 49.2 cm³/mol. The van der Waals surface area contributed by atoms with Crippen molar-refractivity contribution >= 4 is 20.5 Å². The standard InChI is InChI=1S/C7H12NO5P/c1-4(6(10)11)8-5(9)7-13-2-12-3-14-7/h4,7,14H,2-3H2,1H3,(H,8,9)(H,10,11). The molecule has 0 aromatic rings. The predicted octanol–water partition coefficient (Wildman–Crippen LogP) is -0.458. The van der Waals surface area contributed by atoms with Crippen LogP contribution in [0.3, 0.4) is 0 Å². The molecular formula is C7H12NO5P. The Morgan fingerprint density at radius 3 is 2.86 bits per heavy atom. The van der Waals surface area contributed by atoms with Crippen LogP contribution in [0.4, 0.5) is 0 Å². The number of hydrogen-bond acceptors (Lipinski definition) is 4. The molecule has 0 aromatic heterocycles. The summed E-state index contributed by atoms with van der Waals surface area (Å²) < 4.78 is 9.90. The smallest absolute Gasteiger partial charge is 0.325 e. The molecule has 80 valence electrons. The maximum Gasteiger partial charge on any atom is 0.325 e. The van der Waals surface area contributed by atoms with Gasteiger partial charge in [0.25, 0.3) is 5.91 Å². The number of rotatable bonds is 3. The number of nitrogens with one attached hydrogen (secondary N) is 1. The van der Waals surface area contributed by atoms with E-state index < -0.39 is 17.9 Å². The van der Waals surface area contributed by atoms with Gasteiger partial charge in [-0.25, -0.2) is 0 Å². The maximum absolute atomic E-state index is 11.4. The van der Waals surface area contributed by atoms with Gasteiger partial charge in [-0.3, -0.25) is 9.59 Å². The SMILES string of the molecule is CC(NC(=O)C1OCOCP1)C(=O)O. The lowest BCUT2D eigenvalue weighted by Crippen LogP contribution is -2.44. The summed E-state index contributed by atoms with van der Waals surface area (Å²) in [6.45, 7) is 1.50. The van der Waals surface area contributed by atoms with Crippen molar-refractivity contribution in [2.24, 2.45) is 0 Å². The monoisotopic (exact) mass is 221 g/mol. The van der Waals surface area contributed by atoms with Crippen molar-refractivity contribution in [2.45, 2.75) is 18.8 Å². The van der Waals surface area contributed by atoms with E-state index in [0.717, 1.165) is 0 Å². The number of carbonyl (C=O) groups is 2. The Kier molecular flexibility index (Phi) is 4.25. The van der Waals surface area contributed by atoms with Gasteiger partial charge in [-0.05, 0) is 6.92 Å². The third-order valence-electron chi connectivity index (χ3n) is 1.66. The van der Waals surface area contributed by atoms with Crippen molar-refractivity contribution in [1.82, 2.24) is 5.32 Å².